The molecule has 0 aliphatic carbocycles. The summed E-state index contributed by atoms with van der Waals surface area (Å²) in [7, 11) is 0. The van der Waals surface area contributed by atoms with Gasteiger partial charge in [-0.2, -0.15) is 0 Å². The summed E-state index contributed by atoms with van der Waals surface area (Å²) in [4.78, 5) is 0. The number of hydrogen-bond acceptors (Lipinski definition) is 1. The summed E-state index contributed by atoms with van der Waals surface area (Å²) < 4.78 is 0. The fraction of sp³-hybridized carbons (Fsp3) is 0.833. The lowest BCUT2D eigenvalue weighted by molar-refractivity contribution is 0.732. The predicted octanol–water partition coefficient (Wildman–Crippen LogP) is 2.07. The van der Waals surface area contributed by atoms with E-state index in [2.05, 4.69) is 13.8 Å². The summed E-state index contributed by atoms with van der Waals surface area (Å²) in [6.07, 6.45) is 1.09. The second-order valence-electron chi connectivity index (χ2n) is 1.99. The molecule has 7 heavy (non-hydrogen) atoms. The van der Waals surface area contributed by atoms with Crippen LogP contribution in [0.2, 0.25) is 0 Å². The van der Waals surface area contributed by atoms with Crippen LogP contribution in [0.4, 0.5) is 0 Å². The summed E-state index contributed by atoms with van der Waals surface area (Å²) >= 11 is 0. The van der Waals surface area contributed by atoms with Gasteiger partial charge in [-0.25, -0.2) is 0 Å². The first kappa shape index (κ1) is 6.67. The molecule has 0 saturated heterocycles. The highest BCUT2D eigenvalue weighted by Gasteiger charge is 1.96. The topological polar surface area (TPSA) is 23.9 Å². The van der Waals surface area contributed by atoms with Crippen molar-refractivity contribution in [3.63, 3.8) is 0 Å². The fourth-order valence-corrected chi connectivity index (χ4v) is 0.306. The van der Waals surface area contributed by atoms with Gasteiger partial charge in [0, 0.05) is 5.71 Å². The van der Waals surface area contributed by atoms with Gasteiger partial charge in [-0.15, -0.1) is 0 Å². The van der Waals surface area contributed by atoms with Crippen LogP contribution in [0.3, 0.4) is 0 Å². The standard InChI is InChI=1S/C6H13N/c1-4-5(2)6(3)7/h5,7H,4H2,1-3H3. The average molecular weight is 99.2 g/mol. The molecule has 1 nitrogen and oxygen atoms in total. The molecule has 1 atom stereocenters. The van der Waals surface area contributed by atoms with E-state index in [0.29, 0.717) is 5.92 Å². The van der Waals surface area contributed by atoms with E-state index in [9.17, 15) is 0 Å². The van der Waals surface area contributed by atoms with Crippen molar-refractivity contribution in [2.45, 2.75) is 27.2 Å². The lowest BCUT2D eigenvalue weighted by Crippen LogP contribution is -2.02. The van der Waals surface area contributed by atoms with Crippen LogP contribution in [0.15, 0.2) is 0 Å². The van der Waals surface area contributed by atoms with Crippen molar-refractivity contribution in [3.05, 3.63) is 0 Å². The van der Waals surface area contributed by atoms with Gasteiger partial charge in [0.1, 0.15) is 0 Å². The fourth-order valence-electron chi connectivity index (χ4n) is 0.306. The van der Waals surface area contributed by atoms with E-state index in [4.69, 9.17) is 5.41 Å². The normalized spacial score (nSPS) is 13.6. The van der Waals surface area contributed by atoms with Crippen LogP contribution >= 0.6 is 0 Å². The second kappa shape index (κ2) is 2.78. The first-order chi connectivity index (χ1) is 3.18. The molecule has 0 heterocycles. The molecule has 0 aromatic heterocycles. The molecular weight excluding hydrogens is 86.1 g/mol. The van der Waals surface area contributed by atoms with Crippen LogP contribution in [0, 0.1) is 11.3 Å². The van der Waals surface area contributed by atoms with Crippen molar-refractivity contribution >= 4 is 5.71 Å². The maximum absolute atomic E-state index is 7.10. The minimum Gasteiger partial charge on any atom is -0.310 e. The van der Waals surface area contributed by atoms with Gasteiger partial charge in [0.25, 0.3) is 0 Å². The molecule has 0 aromatic carbocycles. The Kier molecular flexibility index (Phi) is 2.65. The molecule has 42 valence electrons. The van der Waals surface area contributed by atoms with Crippen molar-refractivity contribution in [3.8, 4) is 0 Å². The Bertz CT molecular complexity index is 66.6. The minimum atomic E-state index is 0.486. The monoisotopic (exact) mass is 99.1 g/mol. The quantitative estimate of drug-likeness (QED) is 0.512. The van der Waals surface area contributed by atoms with Gasteiger partial charge in [-0.05, 0) is 19.3 Å². The van der Waals surface area contributed by atoms with E-state index >= 15 is 0 Å². The lowest BCUT2D eigenvalue weighted by atomic mass is 10.1. The molecule has 0 saturated carbocycles. The molecule has 1 heteroatoms. The Balaban J connectivity index is 3.34. The molecule has 0 spiro atoms. The lowest BCUT2D eigenvalue weighted by Gasteiger charge is -2.02. The molecule has 0 radical (unpaired) electrons. The van der Waals surface area contributed by atoms with Crippen LogP contribution in [0.25, 0.3) is 0 Å². The first-order valence-electron chi connectivity index (χ1n) is 2.73. The third-order valence-corrected chi connectivity index (χ3v) is 1.35. The summed E-state index contributed by atoms with van der Waals surface area (Å²) in [5.74, 6) is 0.486. The van der Waals surface area contributed by atoms with E-state index in [1.54, 1.807) is 0 Å². The van der Waals surface area contributed by atoms with Crippen LogP contribution < -0.4 is 0 Å². The van der Waals surface area contributed by atoms with E-state index in [-0.39, 0.29) is 0 Å². The molecule has 0 aliphatic heterocycles. The molecule has 0 fully saturated rings. The van der Waals surface area contributed by atoms with E-state index in [1.165, 1.54) is 0 Å². The summed E-state index contributed by atoms with van der Waals surface area (Å²) in [6.45, 7) is 6.03. The second-order valence-corrected chi connectivity index (χ2v) is 1.99. The van der Waals surface area contributed by atoms with Crippen LogP contribution in [-0.2, 0) is 0 Å². The van der Waals surface area contributed by atoms with Gasteiger partial charge >= 0.3 is 0 Å². The highest BCUT2D eigenvalue weighted by molar-refractivity contribution is 5.80. The molecule has 0 amide bonds. The number of nitrogens with one attached hydrogen (secondary N) is 1. The maximum atomic E-state index is 7.10. The highest BCUT2D eigenvalue weighted by atomic mass is 14.4. The molecule has 0 aromatic rings. The number of rotatable bonds is 2. The first-order valence-corrected chi connectivity index (χ1v) is 2.73. The third-order valence-electron chi connectivity index (χ3n) is 1.35. The molecule has 1 N–H and O–H groups in total. The molecule has 0 rings (SSSR count). The molecule has 1 unspecified atom stereocenters. The van der Waals surface area contributed by atoms with Gasteiger partial charge in [0.15, 0.2) is 0 Å². The molecule has 0 bridgehead atoms. The van der Waals surface area contributed by atoms with E-state index in [0.717, 1.165) is 12.1 Å². The Labute approximate surface area is 45.2 Å². The SMILES string of the molecule is CCC(C)C(C)=N. The molecule has 0 aliphatic rings. The molecular formula is C6H13N. The van der Waals surface area contributed by atoms with Crippen molar-refractivity contribution in [2.75, 3.05) is 0 Å². The zero-order valence-electron chi connectivity index (χ0n) is 5.28. The van der Waals surface area contributed by atoms with E-state index < -0.39 is 0 Å². The van der Waals surface area contributed by atoms with Crippen molar-refractivity contribution in [1.29, 1.82) is 5.41 Å². The largest absolute Gasteiger partial charge is 0.310 e. The Hall–Kier alpha value is -0.330. The van der Waals surface area contributed by atoms with Crippen LogP contribution in [-0.4, -0.2) is 5.71 Å². The zero-order valence-corrected chi connectivity index (χ0v) is 5.28. The minimum absolute atomic E-state index is 0.486. The van der Waals surface area contributed by atoms with Gasteiger partial charge in [0.2, 0.25) is 0 Å². The van der Waals surface area contributed by atoms with Gasteiger partial charge < -0.3 is 5.41 Å². The van der Waals surface area contributed by atoms with Crippen LogP contribution in [0.5, 0.6) is 0 Å². The summed E-state index contributed by atoms with van der Waals surface area (Å²) in [5, 5.41) is 7.10. The Morgan fingerprint density at radius 3 is 2.14 bits per heavy atom. The highest BCUT2D eigenvalue weighted by Crippen LogP contribution is 1.99. The zero-order chi connectivity index (χ0) is 5.86. The predicted molar refractivity (Wildman–Crippen MR) is 32.9 cm³/mol. The maximum Gasteiger partial charge on any atom is 0.00862 e. The summed E-state index contributed by atoms with van der Waals surface area (Å²) in [5.41, 5.74) is 0.794. The van der Waals surface area contributed by atoms with Crippen molar-refractivity contribution in [2.24, 2.45) is 5.92 Å². The van der Waals surface area contributed by atoms with Gasteiger partial charge in [-0.1, -0.05) is 13.8 Å². The van der Waals surface area contributed by atoms with Gasteiger partial charge in [-0.3, -0.25) is 0 Å². The third kappa shape index (κ3) is 2.38. The van der Waals surface area contributed by atoms with Gasteiger partial charge in [0.05, 0.1) is 0 Å². The Morgan fingerprint density at radius 2 is 2.14 bits per heavy atom. The van der Waals surface area contributed by atoms with E-state index in [1.807, 2.05) is 6.92 Å². The van der Waals surface area contributed by atoms with Crippen molar-refractivity contribution < 1.29 is 0 Å². The summed E-state index contributed by atoms with van der Waals surface area (Å²) in [6, 6.07) is 0. The smallest absolute Gasteiger partial charge is 0.00862 e. The van der Waals surface area contributed by atoms with Crippen molar-refractivity contribution in [1.82, 2.24) is 0 Å². The van der Waals surface area contributed by atoms with Crippen LogP contribution in [0.1, 0.15) is 27.2 Å². The Morgan fingerprint density at radius 1 is 1.71 bits per heavy atom. The number of hydrogen-bond donors (Lipinski definition) is 1. The average Bonchev–Trinajstić information content (AvgIpc) is 1.65.